The van der Waals surface area contributed by atoms with Crippen molar-refractivity contribution in [3.05, 3.63) is 23.9 Å². The first-order valence-electron chi connectivity index (χ1n) is 5.28. The largest absolute Gasteiger partial charge is 0.367 e. The molecule has 2 heterocycles. The van der Waals surface area contributed by atoms with Crippen LogP contribution in [0.4, 0.5) is 5.82 Å². The van der Waals surface area contributed by atoms with E-state index in [0.717, 1.165) is 30.2 Å². The summed E-state index contributed by atoms with van der Waals surface area (Å²) in [5.74, 6) is 2.57. The van der Waals surface area contributed by atoms with Gasteiger partial charge in [0.05, 0.1) is 0 Å². The number of anilines is 1. The van der Waals surface area contributed by atoms with Crippen LogP contribution in [0.1, 0.15) is 18.4 Å². The van der Waals surface area contributed by atoms with E-state index in [-0.39, 0.29) is 0 Å². The van der Waals surface area contributed by atoms with Crippen molar-refractivity contribution in [2.75, 3.05) is 16.8 Å². The van der Waals surface area contributed by atoms with Gasteiger partial charge >= 0.3 is 0 Å². The molecule has 1 aliphatic heterocycles. The molecule has 1 aromatic heterocycles. The molecular weight excluding hydrogens is 208 g/mol. The number of aryl methyl sites for hydroxylation is 1. The van der Waals surface area contributed by atoms with Gasteiger partial charge in [0, 0.05) is 34.5 Å². The number of nitrogens with zero attached hydrogens (tertiary/aromatic N) is 1. The second-order valence-electron chi connectivity index (χ2n) is 3.99. The van der Waals surface area contributed by atoms with Crippen molar-refractivity contribution in [1.82, 2.24) is 4.98 Å². The number of aromatic nitrogens is 1. The predicted molar refractivity (Wildman–Crippen MR) is 63.5 cm³/mol. The zero-order chi connectivity index (χ0) is 10.7. The van der Waals surface area contributed by atoms with E-state index in [2.05, 4.69) is 16.4 Å². The predicted octanol–water partition coefficient (Wildman–Crippen LogP) is 1.71. The minimum Gasteiger partial charge on any atom is -0.367 e. The van der Waals surface area contributed by atoms with Gasteiger partial charge in [-0.2, -0.15) is 0 Å². The van der Waals surface area contributed by atoms with E-state index >= 15 is 0 Å². The third-order valence-corrected chi connectivity index (χ3v) is 4.03. The molecule has 0 amide bonds. The highest BCUT2D eigenvalue weighted by Crippen LogP contribution is 2.14. The lowest BCUT2D eigenvalue weighted by Crippen LogP contribution is -2.29. The van der Waals surface area contributed by atoms with Crippen molar-refractivity contribution >= 4 is 16.6 Å². The summed E-state index contributed by atoms with van der Waals surface area (Å²) < 4.78 is 11.2. The lowest BCUT2D eigenvalue weighted by Gasteiger charge is -2.22. The van der Waals surface area contributed by atoms with Crippen molar-refractivity contribution < 1.29 is 4.21 Å². The van der Waals surface area contributed by atoms with Crippen LogP contribution in [-0.4, -0.2) is 26.7 Å². The van der Waals surface area contributed by atoms with Gasteiger partial charge in [-0.05, 0) is 31.4 Å². The first-order chi connectivity index (χ1) is 7.24. The normalized spacial score (nSPS) is 26.2. The number of rotatable bonds is 2. The Bertz CT molecular complexity index is 340. The third kappa shape index (κ3) is 3.02. The Balaban J connectivity index is 1.91. The Morgan fingerprint density at radius 2 is 2.13 bits per heavy atom. The van der Waals surface area contributed by atoms with Crippen LogP contribution in [-0.2, 0) is 10.8 Å². The standard InChI is InChI=1S/C11H16N2OS/c1-9-2-3-11(12-8-9)13-10-4-6-15(14)7-5-10/h2-3,8,10H,4-7H2,1H3,(H,12,13). The van der Waals surface area contributed by atoms with Gasteiger partial charge in [0.1, 0.15) is 5.82 Å². The summed E-state index contributed by atoms with van der Waals surface area (Å²) >= 11 is 0. The Kier molecular flexibility index (Phi) is 3.36. The van der Waals surface area contributed by atoms with Gasteiger partial charge in [0.15, 0.2) is 0 Å². The molecule has 1 saturated heterocycles. The van der Waals surface area contributed by atoms with Gasteiger partial charge in [0.25, 0.3) is 0 Å². The topological polar surface area (TPSA) is 42.0 Å². The highest BCUT2D eigenvalue weighted by atomic mass is 32.2. The van der Waals surface area contributed by atoms with E-state index in [0.29, 0.717) is 6.04 Å². The Morgan fingerprint density at radius 3 is 2.73 bits per heavy atom. The van der Waals surface area contributed by atoms with E-state index in [1.165, 1.54) is 5.56 Å². The second-order valence-corrected chi connectivity index (χ2v) is 5.68. The van der Waals surface area contributed by atoms with Crippen molar-refractivity contribution in [1.29, 1.82) is 0 Å². The zero-order valence-corrected chi connectivity index (χ0v) is 9.72. The minimum absolute atomic E-state index is 0.443. The highest BCUT2D eigenvalue weighted by molar-refractivity contribution is 7.85. The average Bonchev–Trinajstić information content (AvgIpc) is 2.25. The van der Waals surface area contributed by atoms with Crippen molar-refractivity contribution in [2.45, 2.75) is 25.8 Å². The van der Waals surface area contributed by atoms with Crippen LogP contribution in [0.5, 0.6) is 0 Å². The fourth-order valence-corrected chi connectivity index (χ4v) is 3.00. The van der Waals surface area contributed by atoms with Crippen molar-refractivity contribution in [2.24, 2.45) is 0 Å². The lowest BCUT2D eigenvalue weighted by molar-refractivity contribution is 0.622. The monoisotopic (exact) mass is 224 g/mol. The number of pyridine rings is 1. The molecule has 1 aromatic rings. The van der Waals surface area contributed by atoms with Gasteiger partial charge in [-0.1, -0.05) is 6.07 Å². The van der Waals surface area contributed by atoms with Gasteiger partial charge in [-0.25, -0.2) is 4.98 Å². The van der Waals surface area contributed by atoms with Crippen LogP contribution in [0.25, 0.3) is 0 Å². The Labute approximate surface area is 92.8 Å². The quantitative estimate of drug-likeness (QED) is 0.831. The van der Waals surface area contributed by atoms with Gasteiger partial charge in [-0.3, -0.25) is 4.21 Å². The first kappa shape index (κ1) is 10.6. The van der Waals surface area contributed by atoms with E-state index in [1.807, 2.05) is 19.2 Å². The first-order valence-corrected chi connectivity index (χ1v) is 6.77. The van der Waals surface area contributed by atoms with E-state index in [1.54, 1.807) is 0 Å². The van der Waals surface area contributed by atoms with Gasteiger partial charge < -0.3 is 5.32 Å². The molecule has 0 aromatic carbocycles. The summed E-state index contributed by atoms with van der Waals surface area (Å²) in [6.07, 6.45) is 3.84. The lowest BCUT2D eigenvalue weighted by atomic mass is 10.1. The SMILES string of the molecule is Cc1ccc(NC2CCS(=O)CC2)nc1. The van der Waals surface area contributed by atoms with Crippen LogP contribution in [0.3, 0.4) is 0 Å². The summed E-state index contributed by atoms with van der Waals surface area (Å²) in [7, 11) is -0.583. The molecule has 1 fully saturated rings. The molecule has 0 radical (unpaired) electrons. The highest BCUT2D eigenvalue weighted by Gasteiger charge is 2.17. The molecule has 0 bridgehead atoms. The molecule has 2 rings (SSSR count). The summed E-state index contributed by atoms with van der Waals surface area (Å²) in [6, 6.07) is 4.50. The number of hydrogen-bond acceptors (Lipinski definition) is 3. The summed E-state index contributed by atoms with van der Waals surface area (Å²) in [5, 5.41) is 3.38. The molecular formula is C11H16N2OS. The van der Waals surface area contributed by atoms with Crippen LogP contribution in [0, 0.1) is 6.92 Å². The number of nitrogens with one attached hydrogen (secondary N) is 1. The third-order valence-electron chi connectivity index (χ3n) is 2.65. The molecule has 82 valence electrons. The van der Waals surface area contributed by atoms with Crippen molar-refractivity contribution in [3.8, 4) is 0 Å². The van der Waals surface area contributed by atoms with Crippen molar-refractivity contribution in [3.63, 3.8) is 0 Å². The summed E-state index contributed by atoms with van der Waals surface area (Å²) in [4.78, 5) is 4.30. The summed E-state index contributed by atoms with van der Waals surface area (Å²) in [6.45, 7) is 2.03. The van der Waals surface area contributed by atoms with Crippen LogP contribution in [0.2, 0.25) is 0 Å². The molecule has 15 heavy (non-hydrogen) atoms. The van der Waals surface area contributed by atoms with Crippen LogP contribution >= 0.6 is 0 Å². The van der Waals surface area contributed by atoms with Gasteiger partial charge in [-0.15, -0.1) is 0 Å². The maximum Gasteiger partial charge on any atom is 0.126 e. The average molecular weight is 224 g/mol. The fraction of sp³-hybridized carbons (Fsp3) is 0.545. The molecule has 0 atom stereocenters. The molecule has 0 spiro atoms. The summed E-state index contributed by atoms with van der Waals surface area (Å²) in [5.41, 5.74) is 1.17. The molecule has 0 saturated carbocycles. The smallest absolute Gasteiger partial charge is 0.126 e. The second kappa shape index (κ2) is 4.75. The van der Waals surface area contributed by atoms with Crippen LogP contribution in [0.15, 0.2) is 18.3 Å². The maximum absolute atomic E-state index is 11.2. The Morgan fingerprint density at radius 1 is 1.40 bits per heavy atom. The van der Waals surface area contributed by atoms with Gasteiger partial charge in [0.2, 0.25) is 0 Å². The van der Waals surface area contributed by atoms with E-state index in [9.17, 15) is 4.21 Å². The molecule has 1 N–H and O–H groups in total. The van der Waals surface area contributed by atoms with E-state index < -0.39 is 10.8 Å². The number of hydrogen-bond donors (Lipinski definition) is 1. The Hall–Kier alpha value is -0.900. The molecule has 0 aliphatic carbocycles. The molecule has 3 nitrogen and oxygen atoms in total. The fourth-order valence-electron chi connectivity index (χ4n) is 1.70. The maximum atomic E-state index is 11.2. The minimum atomic E-state index is -0.583. The van der Waals surface area contributed by atoms with E-state index in [4.69, 9.17) is 0 Å². The van der Waals surface area contributed by atoms with Crippen LogP contribution < -0.4 is 5.32 Å². The zero-order valence-electron chi connectivity index (χ0n) is 8.90. The molecule has 0 unspecified atom stereocenters. The molecule has 1 aliphatic rings. The molecule has 4 heteroatoms.